The molecule has 0 aromatic heterocycles. The van der Waals surface area contributed by atoms with E-state index >= 15 is 0 Å². The highest BCUT2D eigenvalue weighted by atomic mass is 35.5. The number of nitrogens with zero attached hydrogens (tertiary/aromatic N) is 1. The van der Waals surface area contributed by atoms with Crippen LogP contribution in [0.1, 0.15) is 37.4 Å². The molecule has 1 aromatic carbocycles. The normalized spacial score (nSPS) is 17.8. The molecule has 1 aliphatic rings. The molecule has 2 rings (SSSR count). The lowest BCUT2D eigenvalue weighted by atomic mass is 9.87. The summed E-state index contributed by atoms with van der Waals surface area (Å²) in [7, 11) is 1.39. The van der Waals surface area contributed by atoms with E-state index in [4.69, 9.17) is 4.74 Å². The number of benzene rings is 1. The van der Waals surface area contributed by atoms with Crippen LogP contribution in [0.25, 0.3) is 0 Å². The Morgan fingerprint density at radius 2 is 1.80 bits per heavy atom. The van der Waals surface area contributed by atoms with Gasteiger partial charge in [0.1, 0.15) is 5.75 Å². The standard InChI is InChI=1S/C17H25F3N2O.2ClH/c1-4-12(2)16(22-9-7-21-8-10-22)14-6-5-13(23-3)11-15(14)17(18,19)20;;/h5-6,11-12,16,21H,4,7-10H2,1-3H3;2*1H/t12?,16-;;/m1../s1. The molecule has 1 N–H and O–H groups in total. The van der Waals surface area contributed by atoms with Crippen LogP contribution in [0.5, 0.6) is 5.75 Å². The van der Waals surface area contributed by atoms with Crippen LogP contribution in [-0.2, 0) is 6.18 Å². The summed E-state index contributed by atoms with van der Waals surface area (Å²) in [5.41, 5.74) is -0.227. The van der Waals surface area contributed by atoms with Crippen molar-refractivity contribution in [1.29, 1.82) is 0 Å². The average Bonchev–Trinajstić information content (AvgIpc) is 2.55. The van der Waals surface area contributed by atoms with Crippen molar-refractivity contribution in [2.24, 2.45) is 5.92 Å². The van der Waals surface area contributed by atoms with Crippen molar-refractivity contribution in [3.8, 4) is 5.75 Å². The Labute approximate surface area is 160 Å². The second-order valence-electron chi connectivity index (χ2n) is 6.07. The molecule has 0 radical (unpaired) electrons. The molecule has 1 aliphatic heterocycles. The van der Waals surface area contributed by atoms with Gasteiger partial charge in [-0.1, -0.05) is 26.3 Å². The van der Waals surface area contributed by atoms with Gasteiger partial charge in [-0.3, -0.25) is 4.90 Å². The molecule has 1 saturated heterocycles. The summed E-state index contributed by atoms with van der Waals surface area (Å²) in [4.78, 5) is 2.17. The number of halogens is 5. The number of rotatable bonds is 5. The quantitative estimate of drug-likeness (QED) is 0.781. The van der Waals surface area contributed by atoms with Crippen LogP contribution < -0.4 is 10.1 Å². The molecule has 3 nitrogen and oxygen atoms in total. The maximum absolute atomic E-state index is 13.6. The van der Waals surface area contributed by atoms with E-state index in [1.807, 2.05) is 13.8 Å². The van der Waals surface area contributed by atoms with Gasteiger partial charge < -0.3 is 10.1 Å². The molecular weight excluding hydrogens is 376 g/mol. The summed E-state index contributed by atoms with van der Waals surface area (Å²) in [6, 6.07) is 4.10. The van der Waals surface area contributed by atoms with E-state index in [0.29, 0.717) is 5.56 Å². The van der Waals surface area contributed by atoms with Crippen LogP contribution in [-0.4, -0.2) is 38.2 Å². The third-order valence-electron chi connectivity index (χ3n) is 4.61. The van der Waals surface area contributed by atoms with Crippen molar-refractivity contribution < 1.29 is 17.9 Å². The SMILES string of the molecule is CCC(C)[C@H](c1ccc(OC)cc1C(F)(F)F)N1CCNCC1.Cl.Cl. The van der Waals surface area contributed by atoms with Crippen LogP contribution in [0.4, 0.5) is 13.2 Å². The number of ether oxygens (including phenoxy) is 1. The molecule has 0 saturated carbocycles. The highest BCUT2D eigenvalue weighted by Crippen LogP contribution is 2.41. The van der Waals surface area contributed by atoms with Crippen LogP contribution in [0.3, 0.4) is 0 Å². The number of alkyl halides is 3. The Bertz CT molecular complexity index is 523. The Morgan fingerprint density at radius 3 is 2.28 bits per heavy atom. The van der Waals surface area contributed by atoms with Gasteiger partial charge >= 0.3 is 6.18 Å². The van der Waals surface area contributed by atoms with E-state index in [1.165, 1.54) is 7.11 Å². The van der Waals surface area contributed by atoms with Crippen LogP contribution in [0, 0.1) is 5.92 Å². The van der Waals surface area contributed by atoms with Crippen molar-refractivity contribution >= 4 is 24.8 Å². The number of piperazine rings is 1. The molecule has 1 fully saturated rings. The highest BCUT2D eigenvalue weighted by molar-refractivity contribution is 5.85. The number of methoxy groups -OCH3 is 1. The molecule has 8 heteroatoms. The Kier molecular flexibility index (Phi) is 10.2. The van der Waals surface area contributed by atoms with Gasteiger partial charge in [-0.05, 0) is 23.6 Å². The van der Waals surface area contributed by atoms with Gasteiger partial charge in [0.2, 0.25) is 0 Å². The lowest BCUT2D eigenvalue weighted by Gasteiger charge is -2.39. The molecule has 25 heavy (non-hydrogen) atoms. The minimum atomic E-state index is -4.39. The minimum absolute atomic E-state index is 0. The van der Waals surface area contributed by atoms with Crippen LogP contribution in [0.2, 0.25) is 0 Å². The van der Waals surface area contributed by atoms with E-state index in [0.717, 1.165) is 38.7 Å². The van der Waals surface area contributed by atoms with Crippen molar-refractivity contribution in [3.05, 3.63) is 29.3 Å². The zero-order valence-corrected chi connectivity index (χ0v) is 16.4. The van der Waals surface area contributed by atoms with E-state index < -0.39 is 11.7 Å². The maximum atomic E-state index is 13.6. The summed E-state index contributed by atoms with van der Waals surface area (Å²) >= 11 is 0. The third kappa shape index (κ3) is 5.91. The molecule has 0 bridgehead atoms. The monoisotopic (exact) mass is 402 g/mol. The fourth-order valence-electron chi connectivity index (χ4n) is 3.21. The van der Waals surface area contributed by atoms with Gasteiger partial charge in [0.05, 0.1) is 12.7 Å². The molecule has 2 atom stereocenters. The number of hydrogen-bond donors (Lipinski definition) is 1. The smallest absolute Gasteiger partial charge is 0.416 e. The molecular formula is C17H27Cl2F3N2O. The first kappa shape index (κ1) is 24.3. The third-order valence-corrected chi connectivity index (χ3v) is 4.61. The van der Waals surface area contributed by atoms with Crippen LogP contribution in [0.15, 0.2) is 18.2 Å². The Morgan fingerprint density at radius 1 is 1.20 bits per heavy atom. The Balaban J connectivity index is 0.00000288. The second kappa shape index (κ2) is 10.5. The van der Waals surface area contributed by atoms with E-state index in [9.17, 15) is 13.2 Å². The average molecular weight is 403 g/mol. The van der Waals surface area contributed by atoms with Gasteiger partial charge in [0.15, 0.2) is 0 Å². The summed E-state index contributed by atoms with van der Waals surface area (Å²) in [6.07, 6.45) is -3.55. The minimum Gasteiger partial charge on any atom is -0.497 e. The summed E-state index contributed by atoms with van der Waals surface area (Å²) in [5.74, 6) is 0.381. The van der Waals surface area contributed by atoms with E-state index in [-0.39, 0.29) is 42.5 Å². The van der Waals surface area contributed by atoms with Crippen molar-refractivity contribution in [3.63, 3.8) is 0 Å². The van der Waals surface area contributed by atoms with Crippen LogP contribution >= 0.6 is 24.8 Å². The molecule has 1 aromatic rings. The summed E-state index contributed by atoms with van der Waals surface area (Å²) < 4.78 is 45.7. The lowest BCUT2D eigenvalue weighted by Crippen LogP contribution is -2.47. The number of hydrogen-bond acceptors (Lipinski definition) is 3. The fourth-order valence-corrected chi connectivity index (χ4v) is 3.21. The predicted molar refractivity (Wildman–Crippen MR) is 99.1 cm³/mol. The summed E-state index contributed by atoms with van der Waals surface area (Å²) in [5, 5.41) is 3.26. The molecule has 1 heterocycles. The Hall–Kier alpha value is -0.690. The fraction of sp³-hybridized carbons (Fsp3) is 0.647. The van der Waals surface area contributed by atoms with Crippen molar-refractivity contribution in [1.82, 2.24) is 10.2 Å². The maximum Gasteiger partial charge on any atom is 0.416 e. The summed E-state index contributed by atoms with van der Waals surface area (Å²) in [6.45, 7) is 7.19. The van der Waals surface area contributed by atoms with Gasteiger partial charge in [-0.2, -0.15) is 13.2 Å². The van der Waals surface area contributed by atoms with Gasteiger partial charge in [-0.25, -0.2) is 0 Å². The largest absolute Gasteiger partial charge is 0.497 e. The molecule has 1 unspecified atom stereocenters. The number of nitrogens with one attached hydrogen (secondary N) is 1. The molecule has 0 amide bonds. The van der Waals surface area contributed by atoms with Gasteiger partial charge in [-0.15, -0.1) is 24.8 Å². The molecule has 0 aliphatic carbocycles. The first-order chi connectivity index (χ1) is 10.9. The zero-order chi connectivity index (χ0) is 17.0. The predicted octanol–water partition coefficient (Wildman–Crippen LogP) is 4.55. The topological polar surface area (TPSA) is 24.5 Å². The lowest BCUT2D eigenvalue weighted by molar-refractivity contribution is -0.139. The van der Waals surface area contributed by atoms with E-state index in [1.54, 1.807) is 12.1 Å². The second-order valence-corrected chi connectivity index (χ2v) is 6.07. The molecule has 146 valence electrons. The first-order valence-corrected chi connectivity index (χ1v) is 8.08. The highest BCUT2D eigenvalue weighted by Gasteiger charge is 2.38. The van der Waals surface area contributed by atoms with Gasteiger partial charge in [0, 0.05) is 32.2 Å². The van der Waals surface area contributed by atoms with Crippen molar-refractivity contribution in [2.45, 2.75) is 32.5 Å². The van der Waals surface area contributed by atoms with Crippen molar-refractivity contribution in [2.75, 3.05) is 33.3 Å². The zero-order valence-electron chi connectivity index (χ0n) is 14.7. The first-order valence-electron chi connectivity index (χ1n) is 8.08. The van der Waals surface area contributed by atoms with Gasteiger partial charge in [0.25, 0.3) is 0 Å². The molecule has 0 spiro atoms. The van der Waals surface area contributed by atoms with E-state index in [2.05, 4.69) is 10.2 Å².